The molecule has 4 rings (SSSR count). The van der Waals surface area contributed by atoms with Crippen LogP contribution in [0.1, 0.15) is 12.5 Å². The summed E-state index contributed by atoms with van der Waals surface area (Å²) in [6, 6.07) is 15.0. The monoisotopic (exact) mass is 566 g/mol. The summed E-state index contributed by atoms with van der Waals surface area (Å²) in [7, 11) is 0. The Kier molecular flexibility index (Phi) is 9.16. The first-order valence-electron chi connectivity index (χ1n) is 11.3. The van der Waals surface area contributed by atoms with Crippen LogP contribution < -0.4 is 20.4 Å². The van der Waals surface area contributed by atoms with Crippen LogP contribution in [-0.2, 0) is 11.3 Å². The summed E-state index contributed by atoms with van der Waals surface area (Å²) in [5, 5.41) is 6.26. The molecule has 2 N–H and O–H groups in total. The van der Waals surface area contributed by atoms with E-state index in [0.29, 0.717) is 19.6 Å². The van der Waals surface area contributed by atoms with Gasteiger partial charge < -0.3 is 25.3 Å². The molecule has 7 nitrogen and oxygen atoms in total. The highest BCUT2D eigenvalue weighted by atomic mass is 127. The SMILES string of the molecule is CCNC(=NCc1ccc(N2CCNC(=O)C2)cc1)N1CCN(c2ccc(F)cc2)CC1.I. The Labute approximate surface area is 212 Å². The number of guanidine groups is 1. The molecule has 2 aliphatic heterocycles. The highest BCUT2D eigenvalue weighted by molar-refractivity contribution is 14.0. The Hall–Kier alpha value is -2.56. The van der Waals surface area contributed by atoms with Crippen LogP contribution in [0.25, 0.3) is 0 Å². The van der Waals surface area contributed by atoms with Crippen LogP contribution >= 0.6 is 24.0 Å². The van der Waals surface area contributed by atoms with E-state index in [2.05, 4.69) is 56.5 Å². The molecule has 2 heterocycles. The minimum absolute atomic E-state index is 0. The maximum Gasteiger partial charge on any atom is 0.239 e. The second-order valence-corrected chi connectivity index (χ2v) is 8.06. The van der Waals surface area contributed by atoms with Gasteiger partial charge in [-0.3, -0.25) is 4.79 Å². The summed E-state index contributed by atoms with van der Waals surface area (Å²) in [5.74, 6) is 0.783. The third-order valence-corrected chi connectivity index (χ3v) is 5.86. The first-order valence-corrected chi connectivity index (χ1v) is 11.3. The van der Waals surface area contributed by atoms with E-state index in [1.807, 2.05) is 12.1 Å². The fraction of sp³-hybridized carbons (Fsp3) is 0.417. The van der Waals surface area contributed by atoms with Gasteiger partial charge in [0.05, 0.1) is 13.1 Å². The first kappa shape index (κ1) is 25.1. The number of rotatable bonds is 5. The van der Waals surface area contributed by atoms with Crippen LogP contribution in [0.2, 0.25) is 0 Å². The van der Waals surface area contributed by atoms with E-state index < -0.39 is 0 Å². The number of aliphatic imine (C=N–C) groups is 1. The maximum atomic E-state index is 13.2. The first-order chi connectivity index (χ1) is 15.6. The molecule has 0 bridgehead atoms. The molecule has 0 radical (unpaired) electrons. The molecular formula is C24H32FIN6O. The van der Waals surface area contributed by atoms with Crippen molar-refractivity contribution in [1.29, 1.82) is 0 Å². The Morgan fingerprint density at radius 1 is 0.970 bits per heavy atom. The van der Waals surface area contributed by atoms with Gasteiger partial charge in [-0.2, -0.15) is 0 Å². The third kappa shape index (κ3) is 6.72. The summed E-state index contributed by atoms with van der Waals surface area (Å²) in [5.41, 5.74) is 3.26. The molecular weight excluding hydrogens is 534 g/mol. The number of benzene rings is 2. The van der Waals surface area contributed by atoms with Gasteiger partial charge in [-0.15, -0.1) is 24.0 Å². The number of hydrogen-bond donors (Lipinski definition) is 2. The molecule has 0 aliphatic carbocycles. The number of piperazine rings is 2. The largest absolute Gasteiger partial charge is 0.368 e. The lowest BCUT2D eigenvalue weighted by Gasteiger charge is -2.37. The lowest BCUT2D eigenvalue weighted by molar-refractivity contribution is -0.120. The predicted molar refractivity (Wildman–Crippen MR) is 142 cm³/mol. The van der Waals surface area contributed by atoms with Crippen molar-refractivity contribution in [3.8, 4) is 0 Å². The normalized spacial score (nSPS) is 16.8. The summed E-state index contributed by atoms with van der Waals surface area (Å²) >= 11 is 0. The smallest absolute Gasteiger partial charge is 0.239 e. The zero-order chi connectivity index (χ0) is 22.3. The molecule has 178 valence electrons. The molecule has 0 unspecified atom stereocenters. The number of anilines is 2. The molecule has 2 aliphatic rings. The Morgan fingerprint density at radius 2 is 1.61 bits per heavy atom. The molecule has 1 amide bonds. The van der Waals surface area contributed by atoms with E-state index in [0.717, 1.165) is 62.2 Å². The van der Waals surface area contributed by atoms with Crippen molar-refractivity contribution in [2.24, 2.45) is 4.99 Å². The number of carbonyl (C=O) groups excluding carboxylic acids is 1. The zero-order valence-corrected chi connectivity index (χ0v) is 21.3. The standard InChI is InChI=1S/C24H31FN6O.HI/c1-2-26-24(30-15-13-29(14-16-30)21-9-5-20(25)6-10-21)28-17-19-3-7-22(8-4-19)31-12-11-27-23(32)18-31;/h3-10H,2,11-18H2,1H3,(H,26,28)(H,27,32);1H. The fourth-order valence-corrected chi connectivity index (χ4v) is 4.09. The second-order valence-electron chi connectivity index (χ2n) is 8.06. The minimum atomic E-state index is -0.205. The van der Waals surface area contributed by atoms with Gasteiger partial charge in [0.15, 0.2) is 5.96 Å². The van der Waals surface area contributed by atoms with E-state index in [1.165, 1.54) is 12.1 Å². The number of hydrogen-bond acceptors (Lipinski definition) is 4. The van der Waals surface area contributed by atoms with Crippen molar-refractivity contribution in [1.82, 2.24) is 15.5 Å². The van der Waals surface area contributed by atoms with Crippen LogP contribution in [-0.4, -0.2) is 69.1 Å². The highest BCUT2D eigenvalue weighted by Gasteiger charge is 2.20. The Bertz CT molecular complexity index is 929. The summed E-state index contributed by atoms with van der Waals surface area (Å²) in [6.45, 7) is 8.87. The van der Waals surface area contributed by atoms with Gasteiger partial charge in [-0.05, 0) is 48.9 Å². The summed E-state index contributed by atoms with van der Waals surface area (Å²) in [4.78, 5) is 23.1. The predicted octanol–water partition coefficient (Wildman–Crippen LogP) is 2.67. The zero-order valence-electron chi connectivity index (χ0n) is 19.0. The van der Waals surface area contributed by atoms with E-state index >= 15 is 0 Å². The number of nitrogens with zero attached hydrogens (tertiary/aromatic N) is 4. The average Bonchev–Trinajstić information content (AvgIpc) is 2.83. The van der Waals surface area contributed by atoms with Crippen molar-refractivity contribution in [3.63, 3.8) is 0 Å². The van der Waals surface area contributed by atoms with Gasteiger partial charge in [0.25, 0.3) is 0 Å². The van der Waals surface area contributed by atoms with Crippen molar-refractivity contribution in [2.45, 2.75) is 13.5 Å². The summed E-state index contributed by atoms with van der Waals surface area (Å²) in [6.07, 6.45) is 0. The van der Waals surface area contributed by atoms with Crippen LogP contribution in [0.15, 0.2) is 53.5 Å². The van der Waals surface area contributed by atoms with Crippen LogP contribution in [0, 0.1) is 5.82 Å². The van der Waals surface area contributed by atoms with Crippen molar-refractivity contribution < 1.29 is 9.18 Å². The third-order valence-electron chi connectivity index (χ3n) is 5.86. The van der Waals surface area contributed by atoms with Gasteiger partial charge >= 0.3 is 0 Å². The number of nitrogens with one attached hydrogen (secondary N) is 2. The molecule has 0 atom stereocenters. The lowest BCUT2D eigenvalue weighted by atomic mass is 10.2. The Balaban J connectivity index is 0.00000306. The molecule has 0 aromatic heterocycles. The van der Waals surface area contributed by atoms with Gasteiger partial charge in [0.2, 0.25) is 5.91 Å². The number of amides is 1. The van der Waals surface area contributed by atoms with Crippen molar-refractivity contribution in [2.75, 3.05) is 62.2 Å². The molecule has 9 heteroatoms. The van der Waals surface area contributed by atoms with E-state index in [9.17, 15) is 9.18 Å². The average molecular weight is 566 g/mol. The van der Waals surface area contributed by atoms with E-state index in [1.54, 1.807) is 0 Å². The topological polar surface area (TPSA) is 63.2 Å². The highest BCUT2D eigenvalue weighted by Crippen LogP contribution is 2.18. The summed E-state index contributed by atoms with van der Waals surface area (Å²) < 4.78 is 13.2. The fourth-order valence-electron chi connectivity index (χ4n) is 4.09. The number of carbonyl (C=O) groups is 1. The quantitative estimate of drug-likeness (QED) is 0.331. The molecule has 2 saturated heterocycles. The molecule has 33 heavy (non-hydrogen) atoms. The molecule has 0 saturated carbocycles. The van der Waals surface area contributed by atoms with Crippen LogP contribution in [0.4, 0.5) is 15.8 Å². The number of halogens is 2. The molecule has 2 aromatic rings. The Morgan fingerprint density at radius 3 is 2.24 bits per heavy atom. The lowest BCUT2D eigenvalue weighted by Crippen LogP contribution is -2.52. The maximum absolute atomic E-state index is 13.2. The van der Waals surface area contributed by atoms with Crippen molar-refractivity contribution in [3.05, 3.63) is 59.9 Å². The van der Waals surface area contributed by atoms with Gasteiger partial charge in [-0.25, -0.2) is 9.38 Å². The van der Waals surface area contributed by atoms with Gasteiger partial charge in [0, 0.05) is 57.2 Å². The minimum Gasteiger partial charge on any atom is -0.368 e. The molecule has 2 fully saturated rings. The van der Waals surface area contributed by atoms with Gasteiger partial charge in [-0.1, -0.05) is 12.1 Å². The molecule has 2 aromatic carbocycles. The van der Waals surface area contributed by atoms with Crippen LogP contribution in [0.3, 0.4) is 0 Å². The van der Waals surface area contributed by atoms with Gasteiger partial charge in [0.1, 0.15) is 5.82 Å². The van der Waals surface area contributed by atoms with Crippen LogP contribution in [0.5, 0.6) is 0 Å². The van der Waals surface area contributed by atoms with E-state index in [4.69, 9.17) is 4.99 Å². The molecule has 0 spiro atoms. The van der Waals surface area contributed by atoms with E-state index in [-0.39, 0.29) is 35.7 Å². The van der Waals surface area contributed by atoms with Crippen molar-refractivity contribution >= 4 is 47.2 Å². The second kappa shape index (κ2) is 12.1.